The Bertz CT molecular complexity index is 2550. The summed E-state index contributed by atoms with van der Waals surface area (Å²) in [6.07, 6.45) is 1.86. The minimum absolute atomic E-state index is 0.711. The Morgan fingerprint density at radius 1 is 0.320 bits per heavy atom. The molecule has 7 aromatic carbocycles. The molecule has 0 aliphatic rings. The second-order valence-electron chi connectivity index (χ2n) is 12.5. The number of para-hydroxylation sites is 1. The van der Waals surface area contributed by atoms with Gasteiger partial charge in [-0.25, -0.2) is 9.97 Å². The fraction of sp³-hybridized carbons (Fsp3) is 0. The van der Waals surface area contributed by atoms with Crippen molar-refractivity contribution in [3.63, 3.8) is 0 Å². The standard InChI is InChI=1S/C47H31N3/c1-3-10-35(11-4-1)44-31-45(36-12-5-2-6-13-36)50-47(49-44)38-25-19-32(20-26-38)39-27-28-42-40(30-39)15-8-17-41(42)33-21-23-34(24-22-33)43-18-7-14-37-16-9-29-48-46(37)43/h1-31H. The van der Waals surface area contributed by atoms with Crippen molar-refractivity contribution in [3.05, 3.63) is 188 Å². The average Bonchev–Trinajstić information content (AvgIpc) is 3.21. The molecule has 3 nitrogen and oxygen atoms in total. The van der Waals surface area contributed by atoms with Crippen LogP contribution >= 0.6 is 0 Å². The van der Waals surface area contributed by atoms with Gasteiger partial charge >= 0.3 is 0 Å². The smallest absolute Gasteiger partial charge is 0.160 e. The number of rotatable bonds is 6. The van der Waals surface area contributed by atoms with Crippen LogP contribution in [-0.2, 0) is 0 Å². The Hall–Kier alpha value is -6.71. The highest BCUT2D eigenvalue weighted by atomic mass is 14.9. The lowest BCUT2D eigenvalue weighted by atomic mass is 9.93. The van der Waals surface area contributed by atoms with Crippen LogP contribution in [0.1, 0.15) is 0 Å². The van der Waals surface area contributed by atoms with Crippen molar-refractivity contribution in [2.75, 3.05) is 0 Å². The van der Waals surface area contributed by atoms with E-state index in [1.165, 1.54) is 27.5 Å². The highest BCUT2D eigenvalue weighted by Gasteiger charge is 2.12. The van der Waals surface area contributed by atoms with Crippen LogP contribution in [0.25, 0.3) is 89.0 Å². The van der Waals surface area contributed by atoms with E-state index in [1.807, 2.05) is 48.7 Å². The van der Waals surface area contributed by atoms with E-state index in [2.05, 4.69) is 145 Å². The quantitative estimate of drug-likeness (QED) is 0.182. The monoisotopic (exact) mass is 637 g/mol. The van der Waals surface area contributed by atoms with Crippen molar-refractivity contribution >= 4 is 21.7 Å². The minimum Gasteiger partial charge on any atom is -0.256 e. The number of benzene rings is 7. The predicted molar refractivity (Wildman–Crippen MR) is 207 cm³/mol. The Labute approximate surface area is 291 Å². The molecule has 9 rings (SSSR count). The third kappa shape index (κ3) is 5.61. The molecule has 0 radical (unpaired) electrons. The predicted octanol–water partition coefficient (Wildman–Crippen LogP) is 12.2. The molecule has 234 valence electrons. The normalized spacial score (nSPS) is 11.2. The van der Waals surface area contributed by atoms with Gasteiger partial charge in [-0.15, -0.1) is 0 Å². The third-order valence-electron chi connectivity index (χ3n) is 9.36. The summed E-state index contributed by atoms with van der Waals surface area (Å²) in [7, 11) is 0. The van der Waals surface area contributed by atoms with Crippen LogP contribution < -0.4 is 0 Å². The third-order valence-corrected chi connectivity index (χ3v) is 9.36. The highest BCUT2D eigenvalue weighted by molar-refractivity contribution is 5.99. The van der Waals surface area contributed by atoms with E-state index >= 15 is 0 Å². The Morgan fingerprint density at radius 2 is 0.860 bits per heavy atom. The largest absolute Gasteiger partial charge is 0.256 e. The van der Waals surface area contributed by atoms with E-state index in [0.29, 0.717) is 5.82 Å². The maximum Gasteiger partial charge on any atom is 0.160 e. The van der Waals surface area contributed by atoms with Crippen LogP contribution in [-0.4, -0.2) is 15.0 Å². The Kier molecular flexibility index (Phi) is 7.49. The molecule has 0 N–H and O–H groups in total. The maximum absolute atomic E-state index is 5.00. The van der Waals surface area contributed by atoms with Gasteiger partial charge in [-0.3, -0.25) is 4.98 Å². The number of pyridine rings is 1. The first-order valence-electron chi connectivity index (χ1n) is 16.8. The Morgan fingerprint density at radius 3 is 1.54 bits per heavy atom. The lowest BCUT2D eigenvalue weighted by Gasteiger charge is -2.12. The van der Waals surface area contributed by atoms with Crippen molar-refractivity contribution in [3.8, 4) is 67.3 Å². The number of fused-ring (bicyclic) bond motifs is 2. The van der Waals surface area contributed by atoms with Gasteiger partial charge in [0.25, 0.3) is 0 Å². The second kappa shape index (κ2) is 12.7. The first-order chi connectivity index (χ1) is 24.8. The van der Waals surface area contributed by atoms with Gasteiger partial charge in [-0.2, -0.15) is 0 Å². The fourth-order valence-electron chi connectivity index (χ4n) is 6.78. The summed E-state index contributed by atoms with van der Waals surface area (Å²) in [6.45, 7) is 0. The molecule has 0 aliphatic carbocycles. The first-order valence-corrected chi connectivity index (χ1v) is 16.8. The van der Waals surface area contributed by atoms with Gasteiger partial charge in [0.2, 0.25) is 0 Å². The summed E-state index contributed by atoms with van der Waals surface area (Å²) in [5.74, 6) is 0.711. The van der Waals surface area contributed by atoms with Crippen molar-refractivity contribution < 1.29 is 0 Å². The molecule has 0 unspecified atom stereocenters. The molecular formula is C47H31N3. The van der Waals surface area contributed by atoms with Crippen LogP contribution in [0.4, 0.5) is 0 Å². The first kappa shape index (κ1) is 29.4. The molecule has 0 fully saturated rings. The zero-order chi connectivity index (χ0) is 33.3. The van der Waals surface area contributed by atoms with E-state index in [4.69, 9.17) is 9.97 Å². The van der Waals surface area contributed by atoms with Crippen LogP contribution in [0, 0.1) is 0 Å². The molecule has 9 aromatic rings. The van der Waals surface area contributed by atoms with Gasteiger partial charge in [0.15, 0.2) is 5.82 Å². The summed E-state index contributed by atoms with van der Waals surface area (Å²) in [4.78, 5) is 14.7. The molecule has 50 heavy (non-hydrogen) atoms. The summed E-state index contributed by atoms with van der Waals surface area (Å²) >= 11 is 0. The van der Waals surface area contributed by atoms with Crippen molar-refractivity contribution in [1.82, 2.24) is 15.0 Å². The fourth-order valence-corrected chi connectivity index (χ4v) is 6.78. The van der Waals surface area contributed by atoms with Gasteiger partial charge < -0.3 is 0 Å². The maximum atomic E-state index is 5.00. The van der Waals surface area contributed by atoms with Crippen LogP contribution in [0.5, 0.6) is 0 Å². The molecular weight excluding hydrogens is 607 g/mol. The van der Waals surface area contributed by atoms with Gasteiger partial charge in [0, 0.05) is 33.8 Å². The van der Waals surface area contributed by atoms with Crippen LogP contribution in [0.2, 0.25) is 0 Å². The van der Waals surface area contributed by atoms with Crippen molar-refractivity contribution in [2.24, 2.45) is 0 Å². The van der Waals surface area contributed by atoms with Gasteiger partial charge in [-0.1, -0.05) is 164 Å². The number of aromatic nitrogens is 3. The summed E-state index contributed by atoms with van der Waals surface area (Å²) in [5.41, 5.74) is 13.0. The van der Waals surface area contributed by atoms with E-state index in [1.54, 1.807) is 0 Å². The average molecular weight is 638 g/mol. The van der Waals surface area contributed by atoms with Crippen molar-refractivity contribution in [2.45, 2.75) is 0 Å². The van der Waals surface area contributed by atoms with Gasteiger partial charge in [-0.05, 0) is 56.8 Å². The number of hydrogen-bond acceptors (Lipinski definition) is 3. The molecule has 0 saturated heterocycles. The SMILES string of the molecule is c1ccc(-c2cc(-c3ccccc3)nc(-c3ccc(-c4ccc5c(-c6ccc(-c7cccc8cccnc78)cc6)cccc5c4)cc3)n2)cc1. The topological polar surface area (TPSA) is 38.7 Å². The second-order valence-corrected chi connectivity index (χ2v) is 12.5. The lowest BCUT2D eigenvalue weighted by Crippen LogP contribution is -1.95. The zero-order valence-corrected chi connectivity index (χ0v) is 27.2. The van der Waals surface area contributed by atoms with Crippen molar-refractivity contribution in [1.29, 1.82) is 0 Å². The zero-order valence-electron chi connectivity index (χ0n) is 27.2. The van der Waals surface area contributed by atoms with E-state index in [9.17, 15) is 0 Å². The van der Waals surface area contributed by atoms with Gasteiger partial charge in [0.1, 0.15) is 0 Å². The molecule has 0 bridgehead atoms. The number of nitrogens with zero attached hydrogens (tertiary/aromatic N) is 3. The molecule has 0 spiro atoms. The minimum atomic E-state index is 0.711. The molecule has 0 aliphatic heterocycles. The van der Waals surface area contributed by atoms with Crippen LogP contribution in [0.15, 0.2) is 188 Å². The molecule has 2 aromatic heterocycles. The van der Waals surface area contributed by atoms with Gasteiger partial charge in [0.05, 0.1) is 16.9 Å². The molecule has 0 amide bonds. The molecule has 0 atom stereocenters. The molecule has 3 heteroatoms. The summed E-state index contributed by atoms with van der Waals surface area (Å²) < 4.78 is 0. The van der Waals surface area contributed by atoms with E-state index in [0.717, 1.165) is 55.7 Å². The van der Waals surface area contributed by atoms with Crippen LogP contribution in [0.3, 0.4) is 0 Å². The van der Waals surface area contributed by atoms with E-state index < -0.39 is 0 Å². The Balaban J connectivity index is 1.03. The highest BCUT2D eigenvalue weighted by Crippen LogP contribution is 2.35. The summed E-state index contributed by atoms with van der Waals surface area (Å²) in [6, 6.07) is 63.8. The summed E-state index contributed by atoms with van der Waals surface area (Å²) in [5, 5.41) is 3.58. The lowest BCUT2D eigenvalue weighted by molar-refractivity contribution is 1.18. The number of hydrogen-bond donors (Lipinski definition) is 0. The molecule has 2 heterocycles. The van der Waals surface area contributed by atoms with E-state index in [-0.39, 0.29) is 0 Å². The molecule has 0 saturated carbocycles.